The predicted octanol–water partition coefficient (Wildman–Crippen LogP) is -2.46. The van der Waals surface area contributed by atoms with Gasteiger partial charge in [-0.1, -0.05) is 12.6 Å². The van der Waals surface area contributed by atoms with Crippen molar-refractivity contribution in [1.82, 2.24) is 14.7 Å². The Labute approximate surface area is 120 Å². The summed E-state index contributed by atoms with van der Waals surface area (Å²) >= 11 is 0. The molecule has 0 bridgehead atoms. The van der Waals surface area contributed by atoms with E-state index in [9.17, 15) is 0 Å². The first-order valence-corrected chi connectivity index (χ1v) is 3.93. The summed E-state index contributed by atoms with van der Waals surface area (Å²) < 4.78 is 1.90. The van der Waals surface area contributed by atoms with Gasteiger partial charge in [-0.05, 0) is 0 Å². The van der Waals surface area contributed by atoms with Crippen molar-refractivity contribution >= 4 is 0 Å². The van der Waals surface area contributed by atoms with Crippen LogP contribution in [0.4, 0.5) is 0 Å². The van der Waals surface area contributed by atoms with Crippen LogP contribution >= 0.6 is 0 Å². The summed E-state index contributed by atoms with van der Waals surface area (Å²) in [7, 11) is 0. The Kier molecular flexibility index (Phi) is 3.95. The molecule has 62 valence electrons. The molecular formula is C8H9KN4. The van der Waals surface area contributed by atoms with Crippen LogP contribution in [0.2, 0.25) is 0 Å². The van der Waals surface area contributed by atoms with E-state index in [2.05, 4.69) is 17.5 Å². The van der Waals surface area contributed by atoms with Crippen LogP contribution in [0.1, 0.15) is 18.7 Å². The van der Waals surface area contributed by atoms with Crippen LogP contribution < -0.4 is 51.4 Å². The molecule has 0 saturated carbocycles. The third-order valence-electron chi connectivity index (χ3n) is 2.27. The zero-order valence-electron chi connectivity index (χ0n) is 7.86. The van der Waals surface area contributed by atoms with Crippen LogP contribution in [0.5, 0.6) is 0 Å². The average Bonchev–Trinajstić information content (AvgIpc) is 2.53. The monoisotopic (exact) mass is 200 g/mol. The molecule has 2 rings (SSSR count). The van der Waals surface area contributed by atoms with Crippen molar-refractivity contribution in [3.05, 3.63) is 18.0 Å². The number of fused-ring (bicyclic) bond motifs is 1. The van der Waals surface area contributed by atoms with Gasteiger partial charge in [-0.25, -0.2) is 0 Å². The van der Waals surface area contributed by atoms with Crippen molar-refractivity contribution in [2.45, 2.75) is 19.5 Å². The smallest absolute Gasteiger partial charge is 0.362 e. The molecule has 1 aromatic heterocycles. The van der Waals surface area contributed by atoms with Crippen LogP contribution in [0.15, 0.2) is 6.07 Å². The van der Waals surface area contributed by atoms with Gasteiger partial charge in [0.05, 0.1) is 0 Å². The number of hydrogen-bond donors (Lipinski definition) is 0. The second-order valence-electron chi connectivity index (χ2n) is 2.89. The number of hydrogen-bond acceptors (Lipinski definition) is 3. The molecule has 0 saturated heterocycles. The minimum Gasteiger partial charge on any atom is -0.362 e. The minimum atomic E-state index is 0. The molecule has 0 amide bonds. The Hall–Kier alpha value is 0.136. The Bertz CT molecular complexity index is 327. The predicted molar refractivity (Wildman–Crippen MR) is 41.8 cm³/mol. The van der Waals surface area contributed by atoms with Crippen molar-refractivity contribution in [2.24, 2.45) is 0 Å². The molecule has 0 fully saturated rings. The standard InChI is InChI=1S/C8H9N4.K/c1-7-8-2-3-10-12(8)5-4-11(7)6-9;/h2,7H,4-5H2,1H3;/q-1;+1. The summed E-state index contributed by atoms with van der Waals surface area (Å²) in [6.07, 6.45) is 4.95. The molecule has 0 aliphatic carbocycles. The molecule has 0 radical (unpaired) electrons. The van der Waals surface area contributed by atoms with Gasteiger partial charge in [-0.2, -0.15) is 11.3 Å². The van der Waals surface area contributed by atoms with E-state index in [0.29, 0.717) is 0 Å². The number of rotatable bonds is 0. The average molecular weight is 200 g/mol. The molecule has 13 heavy (non-hydrogen) atoms. The third-order valence-corrected chi connectivity index (χ3v) is 2.27. The van der Waals surface area contributed by atoms with Gasteiger partial charge in [-0.15, -0.1) is 6.20 Å². The van der Waals surface area contributed by atoms with E-state index in [1.165, 1.54) is 0 Å². The third kappa shape index (κ3) is 1.97. The van der Waals surface area contributed by atoms with Gasteiger partial charge < -0.3 is 14.7 Å². The molecule has 0 N–H and O–H groups in total. The topological polar surface area (TPSA) is 44.9 Å². The Morgan fingerprint density at radius 3 is 3.15 bits per heavy atom. The summed E-state index contributed by atoms with van der Waals surface area (Å²) in [5, 5.41) is 12.8. The molecule has 5 heteroatoms. The van der Waals surface area contributed by atoms with Gasteiger partial charge in [0.25, 0.3) is 0 Å². The SMILES string of the molecule is CC1c2c[c-]nn2CCN1C#N.[K+]. The van der Waals surface area contributed by atoms with E-state index in [4.69, 9.17) is 5.26 Å². The molecule has 1 aromatic rings. The van der Waals surface area contributed by atoms with Crippen molar-refractivity contribution in [3.63, 3.8) is 0 Å². The first-order chi connectivity index (χ1) is 5.83. The van der Waals surface area contributed by atoms with Crippen molar-refractivity contribution in [2.75, 3.05) is 6.54 Å². The van der Waals surface area contributed by atoms with E-state index in [1.54, 1.807) is 4.90 Å². The van der Waals surface area contributed by atoms with Gasteiger partial charge in [0, 0.05) is 19.1 Å². The largest absolute Gasteiger partial charge is 1.00 e. The van der Waals surface area contributed by atoms with Gasteiger partial charge >= 0.3 is 51.4 Å². The maximum atomic E-state index is 8.76. The first kappa shape index (κ1) is 11.2. The summed E-state index contributed by atoms with van der Waals surface area (Å²) in [4.78, 5) is 1.75. The van der Waals surface area contributed by atoms with Gasteiger partial charge in [-0.3, -0.25) is 0 Å². The van der Waals surface area contributed by atoms with E-state index >= 15 is 0 Å². The fourth-order valence-electron chi connectivity index (χ4n) is 1.50. The Morgan fingerprint density at radius 1 is 1.69 bits per heavy atom. The Balaban J connectivity index is 0.000000845. The van der Waals surface area contributed by atoms with Crippen LogP contribution in [-0.2, 0) is 6.54 Å². The van der Waals surface area contributed by atoms with Crippen LogP contribution in [0.25, 0.3) is 0 Å². The second-order valence-corrected chi connectivity index (χ2v) is 2.89. The summed E-state index contributed by atoms with van der Waals surface area (Å²) in [6, 6.07) is 1.98. The first-order valence-electron chi connectivity index (χ1n) is 3.93. The van der Waals surface area contributed by atoms with Crippen molar-refractivity contribution in [1.29, 1.82) is 5.26 Å². The van der Waals surface area contributed by atoms with Crippen LogP contribution in [0.3, 0.4) is 0 Å². The zero-order valence-corrected chi connectivity index (χ0v) is 11.0. The summed E-state index contributed by atoms with van der Waals surface area (Å²) in [5.74, 6) is 0. The summed E-state index contributed by atoms with van der Waals surface area (Å²) in [6.45, 7) is 3.54. The maximum absolute atomic E-state index is 8.76. The number of aromatic nitrogens is 2. The van der Waals surface area contributed by atoms with Crippen molar-refractivity contribution < 1.29 is 51.4 Å². The fourth-order valence-corrected chi connectivity index (χ4v) is 1.50. The van der Waals surface area contributed by atoms with Gasteiger partial charge in [0.15, 0.2) is 6.19 Å². The molecule has 1 unspecified atom stereocenters. The minimum absolute atomic E-state index is 0. The van der Waals surface area contributed by atoms with Gasteiger partial charge in [0.2, 0.25) is 0 Å². The molecule has 1 aliphatic heterocycles. The number of nitrogens with zero attached hydrogens (tertiary/aromatic N) is 4. The number of nitriles is 1. The van der Waals surface area contributed by atoms with E-state index < -0.39 is 0 Å². The molecule has 1 aliphatic rings. The van der Waals surface area contributed by atoms with E-state index in [0.717, 1.165) is 18.8 Å². The molecule has 0 aromatic carbocycles. The molecule has 1 atom stereocenters. The van der Waals surface area contributed by atoms with Gasteiger partial charge in [0.1, 0.15) is 0 Å². The van der Waals surface area contributed by atoms with Crippen LogP contribution in [0, 0.1) is 17.7 Å². The molecular weight excluding hydrogens is 191 g/mol. The Morgan fingerprint density at radius 2 is 2.46 bits per heavy atom. The molecule has 2 heterocycles. The molecule has 4 nitrogen and oxygen atoms in total. The summed E-state index contributed by atoms with van der Waals surface area (Å²) in [5.41, 5.74) is 1.07. The second kappa shape index (κ2) is 4.58. The quantitative estimate of drug-likeness (QED) is 0.265. The normalized spacial score (nSPS) is 20.0. The molecule has 0 spiro atoms. The van der Waals surface area contributed by atoms with E-state index in [1.807, 2.05) is 17.7 Å². The zero-order chi connectivity index (χ0) is 8.55. The van der Waals surface area contributed by atoms with E-state index in [-0.39, 0.29) is 57.4 Å². The fraction of sp³-hybridized carbons (Fsp3) is 0.500. The van der Waals surface area contributed by atoms with Crippen LogP contribution in [-0.4, -0.2) is 21.2 Å². The van der Waals surface area contributed by atoms with Crippen molar-refractivity contribution in [3.8, 4) is 6.19 Å². The maximum Gasteiger partial charge on any atom is 1.00 e.